The number of nitrogens with one attached hydrogen (secondary N) is 1. The third-order valence-electron chi connectivity index (χ3n) is 6.99. The van der Waals surface area contributed by atoms with Gasteiger partial charge in [-0.3, -0.25) is 0 Å². The Kier molecular flexibility index (Phi) is 3.07. The first-order chi connectivity index (χ1) is 10.3. The Morgan fingerprint density at radius 1 is 1.27 bits per heavy atom. The van der Waals surface area contributed by atoms with Crippen molar-refractivity contribution in [3.63, 3.8) is 0 Å². The second kappa shape index (κ2) is 4.59. The molecule has 2 N–H and O–H groups in total. The molecule has 0 aromatic rings. The van der Waals surface area contributed by atoms with Gasteiger partial charge in [0.15, 0.2) is 0 Å². The molecule has 5 aliphatic rings. The van der Waals surface area contributed by atoms with Gasteiger partial charge in [-0.15, -0.1) is 0 Å². The van der Waals surface area contributed by atoms with Gasteiger partial charge in [0.2, 0.25) is 0 Å². The van der Waals surface area contributed by atoms with Gasteiger partial charge in [0, 0.05) is 0 Å². The van der Waals surface area contributed by atoms with Crippen molar-refractivity contribution in [1.29, 1.82) is 0 Å². The minimum Gasteiger partial charge on any atom is -0.390 e. The molecule has 1 saturated heterocycles. The zero-order valence-corrected chi connectivity index (χ0v) is 13.5. The Bertz CT molecular complexity index is 479. The van der Waals surface area contributed by atoms with Crippen molar-refractivity contribution in [3.05, 3.63) is 0 Å². The molecular weight excluding hydrogens is 283 g/mol. The van der Waals surface area contributed by atoms with Gasteiger partial charge in [-0.05, 0) is 69.6 Å². The van der Waals surface area contributed by atoms with Crippen LogP contribution < -0.4 is 5.32 Å². The Labute approximate surface area is 131 Å². The lowest BCUT2D eigenvalue weighted by atomic mass is 9.48. The summed E-state index contributed by atoms with van der Waals surface area (Å²) in [6.45, 7) is 3.79. The van der Waals surface area contributed by atoms with E-state index < -0.39 is 12.3 Å². The number of amides is 2. The molecule has 5 heteroatoms. The summed E-state index contributed by atoms with van der Waals surface area (Å²) in [6.07, 6.45) is 5.12. The first kappa shape index (κ1) is 14.7. The van der Waals surface area contributed by atoms with Gasteiger partial charge in [-0.2, -0.15) is 0 Å². The highest BCUT2D eigenvalue weighted by Gasteiger charge is 2.60. The van der Waals surface area contributed by atoms with Gasteiger partial charge < -0.3 is 15.3 Å². The molecule has 4 bridgehead atoms. The third kappa shape index (κ3) is 1.93. The first-order valence-electron chi connectivity index (χ1n) is 8.70. The second-order valence-corrected chi connectivity index (χ2v) is 8.69. The number of nitrogens with zero attached hydrogens (tertiary/aromatic N) is 1. The minimum atomic E-state index is -0.497. The monoisotopic (exact) mass is 310 g/mol. The van der Waals surface area contributed by atoms with E-state index in [1.54, 1.807) is 4.90 Å². The molecule has 2 amide bonds. The Morgan fingerprint density at radius 2 is 1.91 bits per heavy atom. The Hall–Kier alpha value is -0.840. The normalized spacial score (nSPS) is 48.8. The van der Waals surface area contributed by atoms with Gasteiger partial charge in [0.1, 0.15) is 6.67 Å². The average molecular weight is 310 g/mol. The molecule has 22 heavy (non-hydrogen) atoms. The first-order valence-corrected chi connectivity index (χ1v) is 8.70. The van der Waals surface area contributed by atoms with Gasteiger partial charge in [-0.25, -0.2) is 9.18 Å². The average Bonchev–Trinajstić information content (AvgIpc) is 2.60. The van der Waals surface area contributed by atoms with Crippen LogP contribution in [-0.2, 0) is 0 Å². The van der Waals surface area contributed by atoms with E-state index >= 15 is 0 Å². The van der Waals surface area contributed by atoms with E-state index in [-0.39, 0.29) is 24.2 Å². The maximum Gasteiger partial charge on any atom is 0.318 e. The summed E-state index contributed by atoms with van der Waals surface area (Å²) in [5.41, 5.74) is -0.801. The molecule has 1 aliphatic heterocycles. The maximum absolute atomic E-state index is 12.8. The summed E-state index contributed by atoms with van der Waals surface area (Å²) in [4.78, 5) is 14.0. The summed E-state index contributed by atoms with van der Waals surface area (Å²) in [5.74, 6) is 2.11. The second-order valence-electron chi connectivity index (χ2n) is 8.69. The van der Waals surface area contributed by atoms with E-state index in [0.717, 1.165) is 19.3 Å². The zero-order chi connectivity index (χ0) is 15.7. The van der Waals surface area contributed by atoms with E-state index in [2.05, 4.69) is 19.2 Å². The molecule has 124 valence electrons. The van der Waals surface area contributed by atoms with Crippen molar-refractivity contribution in [2.45, 2.75) is 63.1 Å². The Balaban J connectivity index is 1.61. The standard InChI is InChI=1S/C17H27FN2O2/c1-16(2)14(19-15(21)20(16)4-3-18)13-11-5-10-6-12(13)9-17(22,7-10)8-11/h10-14,22H,3-9H2,1-2H3,(H,19,21). The molecule has 0 spiro atoms. The number of hydrogen-bond acceptors (Lipinski definition) is 2. The van der Waals surface area contributed by atoms with E-state index in [4.69, 9.17) is 0 Å². The van der Waals surface area contributed by atoms with Crippen LogP contribution in [0.3, 0.4) is 0 Å². The van der Waals surface area contributed by atoms with E-state index in [9.17, 15) is 14.3 Å². The van der Waals surface area contributed by atoms with Crippen molar-refractivity contribution >= 4 is 6.03 Å². The highest BCUT2D eigenvalue weighted by Crippen LogP contribution is 2.60. The van der Waals surface area contributed by atoms with Crippen LogP contribution in [0.5, 0.6) is 0 Å². The molecule has 0 aromatic heterocycles. The van der Waals surface area contributed by atoms with Crippen LogP contribution in [0.2, 0.25) is 0 Å². The van der Waals surface area contributed by atoms with Crippen LogP contribution in [0.1, 0.15) is 46.0 Å². The van der Waals surface area contributed by atoms with Crippen LogP contribution in [0.4, 0.5) is 9.18 Å². The number of rotatable bonds is 3. The van der Waals surface area contributed by atoms with Crippen molar-refractivity contribution in [1.82, 2.24) is 10.2 Å². The van der Waals surface area contributed by atoms with E-state index in [0.29, 0.717) is 23.7 Å². The molecule has 5 rings (SSSR count). The number of aliphatic hydroxyl groups is 1. The van der Waals surface area contributed by atoms with Gasteiger partial charge in [0.05, 0.1) is 23.7 Å². The van der Waals surface area contributed by atoms with Gasteiger partial charge in [-0.1, -0.05) is 0 Å². The lowest BCUT2D eigenvalue weighted by molar-refractivity contribution is -0.161. The number of carbonyl (C=O) groups excluding carboxylic acids is 1. The highest BCUT2D eigenvalue weighted by atomic mass is 19.1. The van der Waals surface area contributed by atoms with Crippen LogP contribution in [0.25, 0.3) is 0 Å². The molecule has 4 aliphatic carbocycles. The molecule has 3 unspecified atom stereocenters. The van der Waals surface area contributed by atoms with E-state index in [1.807, 2.05) is 0 Å². The van der Waals surface area contributed by atoms with Crippen molar-refractivity contribution in [2.75, 3.05) is 13.2 Å². The minimum absolute atomic E-state index is 0.0742. The summed E-state index contributed by atoms with van der Waals surface area (Å²) in [7, 11) is 0. The molecule has 4 saturated carbocycles. The van der Waals surface area contributed by atoms with Crippen LogP contribution in [-0.4, -0.2) is 46.4 Å². The SMILES string of the molecule is CC1(C)C(C2C3CC4CC2CC(O)(C4)C3)NC(=O)N1CCF. The molecule has 0 radical (unpaired) electrons. The van der Waals surface area contributed by atoms with Crippen LogP contribution in [0, 0.1) is 23.7 Å². The molecule has 5 fully saturated rings. The topological polar surface area (TPSA) is 52.6 Å². The fourth-order valence-corrected chi connectivity index (χ4v) is 6.42. The number of urea groups is 1. The summed E-state index contributed by atoms with van der Waals surface area (Å²) in [5, 5.41) is 13.9. The maximum atomic E-state index is 12.8. The molecule has 3 atom stereocenters. The van der Waals surface area contributed by atoms with Crippen molar-refractivity contribution in [2.24, 2.45) is 23.7 Å². The largest absolute Gasteiger partial charge is 0.390 e. The van der Waals surface area contributed by atoms with Crippen molar-refractivity contribution in [3.8, 4) is 0 Å². The molecular formula is C17H27FN2O2. The van der Waals surface area contributed by atoms with E-state index in [1.165, 1.54) is 12.8 Å². The lowest BCUT2D eigenvalue weighted by Gasteiger charge is -2.60. The van der Waals surface area contributed by atoms with Crippen molar-refractivity contribution < 1.29 is 14.3 Å². The number of hydrogen-bond donors (Lipinski definition) is 2. The molecule has 1 heterocycles. The number of alkyl halides is 1. The van der Waals surface area contributed by atoms with Crippen LogP contribution in [0.15, 0.2) is 0 Å². The Morgan fingerprint density at radius 3 is 2.45 bits per heavy atom. The predicted octanol–water partition coefficient (Wildman–Crippen LogP) is 2.32. The van der Waals surface area contributed by atoms with Gasteiger partial charge in [0.25, 0.3) is 0 Å². The van der Waals surface area contributed by atoms with Gasteiger partial charge >= 0.3 is 6.03 Å². The predicted molar refractivity (Wildman–Crippen MR) is 81.1 cm³/mol. The number of halogens is 1. The fourth-order valence-electron chi connectivity index (χ4n) is 6.42. The zero-order valence-electron chi connectivity index (χ0n) is 13.5. The lowest BCUT2D eigenvalue weighted by Crippen LogP contribution is -2.62. The molecule has 0 aromatic carbocycles. The van der Waals surface area contributed by atoms with Crippen LogP contribution >= 0.6 is 0 Å². The summed E-state index contributed by atoms with van der Waals surface area (Å²) < 4.78 is 12.8. The summed E-state index contributed by atoms with van der Waals surface area (Å²) in [6, 6.07) is -0.0506. The highest BCUT2D eigenvalue weighted by molar-refractivity contribution is 5.78. The quantitative estimate of drug-likeness (QED) is 0.840. The third-order valence-corrected chi connectivity index (χ3v) is 6.99. The number of carbonyl (C=O) groups is 1. The molecule has 4 nitrogen and oxygen atoms in total. The fraction of sp³-hybridized carbons (Fsp3) is 0.941. The smallest absolute Gasteiger partial charge is 0.318 e. The summed E-state index contributed by atoms with van der Waals surface area (Å²) >= 11 is 0.